The zero-order valence-corrected chi connectivity index (χ0v) is 18.7. The summed E-state index contributed by atoms with van der Waals surface area (Å²) in [5, 5.41) is 12.0. The number of pyridine rings is 2. The first-order valence-electron chi connectivity index (χ1n) is 8.64. The first kappa shape index (κ1) is 20.1. The summed E-state index contributed by atoms with van der Waals surface area (Å²) in [6, 6.07) is 8.85. The zero-order chi connectivity index (χ0) is 20.5. The first-order chi connectivity index (χ1) is 13.9. The maximum atomic E-state index is 12.9. The smallest absolute Gasteiger partial charge is 0.251 e. The molecule has 3 aromatic heterocycles. The number of aromatic amines is 1. The van der Waals surface area contributed by atoms with Crippen molar-refractivity contribution in [1.82, 2.24) is 25.5 Å². The number of H-pyrrole nitrogens is 1. The van der Waals surface area contributed by atoms with Crippen molar-refractivity contribution in [3.8, 4) is 11.3 Å². The van der Waals surface area contributed by atoms with Crippen LogP contribution in [0.1, 0.15) is 28.9 Å². The van der Waals surface area contributed by atoms with E-state index < -0.39 is 0 Å². The van der Waals surface area contributed by atoms with Crippen LogP contribution in [0.2, 0.25) is 10.0 Å². The lowest BCUT2D eigenvalue weighted by Gasteiger charge is -2.17. The molecule has 1 unspecified atom stereocenters. The van der Waals surface area contributed by atoms with Gasteiger partial charge in [0.15, 0.2) is 0 Å². The minimum Gasteiger partial charge on any atom is -0.345 e. The van der Waals surface area contributed by atoms with E-state index in [-0.39, 0.29) is 11.9 Å². The highest BCUT2D eigenvalue weighted by Crippen LogP contribution is 2.30. The molecule has 0 fully saturated rings. The second-order valence-electron chi connectivity index (χ2n) is 6.41. The molecule has 29 heavy (non-hydrogen) atoms. The van der Waals surface area contributed by atoms with E-state index >= 15 is 0 Å². The summed E-state index contributed by atoms with van der Waals surface area (Å²) in [5.74, 6) is -0.236. The Labute approximate surface area is 190 Å². The predicted octanol–water partition coefficient (Wildman–Crippen LogP) is 5.42. The summed E-state index contributed by atoms with van der Waals surface area (Å²) < 4.78 is 0.866. The third-order valence-electron chi connectivity index (χ3n) is 4.50. The van der Waals surface area contributed by atoms with E-state index in [0.29, 0.717) is 21.2 Å². The van der Waals surface area contributed by atoms with Gasteiger partial charge in [0, 0.05) is 40.7 Å². The van der Waals surface area contributed by atoms with Crippen LogP contribution in [-0.2, 0) is 0 Å². The fourth-order valence-corrected chi connectivity index (χ4v) is 4.30. The Morgan fingerprint density at radius 1 is 1.17 bits per heavy atom. The Morgan fingerprint density at radius 2 is 1.93 bits per heavy atom. The van der Waals surface area contributed by atoms with Crippen molar-refractivity contribution in [3.05, 3.63) is 73.8 Å². The van der Waals surface area contributed by atoms with Crippen molar-refractivity contribution >= 4 is 62.6 Å². The molecule has 6 nitrogen and oxygen atoms in total. The standard InChI is InChI=1S/C20H14Cl2IN5O/c1-10(18-14(21)8-24-9-15(18)22)26-20(29)12-2-3-16-13(6-12)19(28-27-16)11-4-5-25-17(23)7-11/h2-10H,1H3,(H,26,29)(H,27,28). The quantitative estimate of drug-likeness (QED) is 0.269. The van der Waals surface area contributed by atoms with Crippen molar-refractivity contribution in [3.63, 3.8) is 0 Å². The van der Waals surface area contributed by atoms with Crippen molar-refractivity contribution in [2.75, 3.05) is 0 Å². The van der Waals surface area contributed by atoms with Gasteiger partial charge in [-0.25, -0.2) is 0 Å². The summed E-state index contributed by atoms with van der Waals surface area (Å²) in [6.45, 7) is 1.83. The maximum Gasteiger partial charge on any atom is 0.251 e. The number of amides is 1. The number of aromatic nitrogens is 4. The van der Waals surface area contributed by atoms with E-state index in [0.717, 1.165) is 25.9 Å². The summed E-state index contributed by atoms with van der Waals surface area (Å²) in [7, 11) is 0. The van der Waals surface area contributed by atoms with Gasteiger partial charge in [0.2, 0.25) is 0 Å². The Balaban J connectivity index is 1.66. The molecule has 0 aliphatic heterocycles. The molecule has 0 aliphatic rings. The highest BCUT2D eigenvalue weighted by atomic mass is 127. The van der Waals surface area contributed by atoms with Crippen LogP contribution >= 0.6 is 45.8 Å². The fourth-order valence-electron chi connectivity index (χ4n) is 3.11. The molecule has 1 aromatic carbocycles. The summed E-state index contributed by atoms with van der Waals surface area (Å²) in [4.78, 5) is 21.0. The van der Waals surface area contributed by atoms with Gasteiger partial charge in [-0.1, -0.05) is 23.2 Å². The number of rotatable bonds is 4. The number of benzene rings is 1. The number of hydrogen-bond acceptors (Lipinski definition) is 4. The third-order valence-corrected chi connectivity index (χ3v) is 5.69. The number of carbonyl (C=O) groups excluding carboxylic acids is 1. The van der Waals surface area contributed by atoms with Gasteiger partial charge < -0.3 is 5.32 Å². The Morgan fingerprint density at radius 3 is 2.66 bits per heavy atom. The number of fused-ring (bicyclic) bond motifs is 1. The van der Waals surface area contributed by atoms with Gasteiger partial charge in [-0.3, -0.25) is 19.9 Å². The van der Waals surface area contributed by atoms with Crippen LogP contribution in [0.4, 0.5) is 0 Å². The Hall–Kier alpha value is -2.23. The van der Waals surface area contributed by atoms with Gasteiger partial charge in [0.1, 0.15) is 9.39 Å². The van der Waals surface area contributed by atoms with Crippen molar-refractivity contribution in [2.45, 2.75) is 13.0 Å². The van der Waals surface area contributed by atoms with E-state index in [1.54, 1.807) is 12.3 Å². The minimum atomic E-state index is -0.383. The Bertz CT molecular complexity index is 1210. The molecule has 0 spiro atoms. The fraction of sp³-hybridized carbons (Fsp3) is 0.100. The van der Waals surface area contributed by atoms with Crippen molar-refractivity contribution in [1.29, 1.82) is 0 Å². The molecule has 0 saturated heterocycles. The highest BCUT2D eigenvalue weighted by molar-refractivity contribution is 14.1. The third kappa shape index (κ3) is 4.08. The van der Waals surface area contributed by atoms with E-state index in [9.17, 15) is 4.79 Å². The molecule has 2 N–H and O–H groups in total. The lowest BCUT2D eigenvalue weighted by atomic mass is 10.1. The molecule has 4 aromatic rings. The van der Waals surface area contributed by atoms with Gasteiger partial charge >= 0.3 is 0 Å². The van der Waals surface area contributed by atoms with E-state index in [4.69, 9.17) is 23.2 Å². The average Bonchev–Trinajstić information content (AvgIpc) is 3.11. The van der Waals surface area contributed by atoms with Crippen LogP contribution in [0.3, 0.4) is 0 Å². The normalized spacial score (nSPS) is 12.1. The highest BCUT2D eigenvalue weighted by Gasteiger charge is 2.18. The molecule has 1 amide bonds. The SMILES string of the molecule is CC(NC(=O)c1ccc2[nH]nc(-c3ccnc(I)c3)c2c1)c1c(Cl)cncc1Cl. The molecule has 9 heteroatoms. The first-order valence-corrected chi connectivity index (χ1v) is 10.5. The lowest BCUT2D eigenvalue weighted by Crippen LogP contribution is -2.27. The largest absolute Gasteiger partial charge is 0.345 e. The summed E-state index contributed by atoms with van der Waals surface area (Å²) >= 11 is 14.6. The molecule has 0 bridgehead atoms. The number of nitrogens with zero attached hydrogens (tertiary/aromatic N) is 3. The molecule has 0 aliphatic carbocycles. The Kier molecular flexibility index (Phi) is 5.71. The summed E-state index contributed by atoms with van der Waals surface area (Å²) in [6.07, 6.45) is 4.74. The molecular weight excluding hydrogens is 524 g/mol. The predicted molar refractivity (Wildman–Crippen MR) is 122 cm³/mol. The minimum absolute atomic E-state index is 0.236. The van der Waals surface area contributed by atoms with Gasteiger partial charge in [-0.15, -0.1) is 0 Å². The lowest BCUT2D eigenvalue weighted by molar-refractivity contribution is 0.0940. The van der Waals surface area contributed by atoms with Crippen molar-refractivity contribution < 1.29 is 4.79 Å². The maximum absolute atomic E-state index is 12.9. The van der Waals surface area contributed by atoms with Gasteiger partial charge in [0.25, 0.3) is 5.91 Å². The average molecular weight is 538 g/mol. The topological polar surface area (TPSA) is 83.6 Å². The monoisotopic (exact) mass is 537 g/mol. The van der Waals surface area contributed by atoms with E-state index in [2.05, 4.69) is 48.1 Å². The van der Waals surface area contributed by atoms with Gasteiger partial charge in [-0.2, -0.15) is 5.10 Å². The van der Waals surface area contributed by atoms with Crippen LogP contribution in [0.5, 0.6) is 0 Å². The number of nitrogens with one attached hydrogen (secondary N) is 2. The van der Waals surface area contributed by atoms with Crippen LogP contribution in [0.15, 0.2) is 48.9 Å². The molecular formula is C20H14Cl2IN5O. The van der Waals surface area contributed by atoms with Crippen LogP contribution in [0.25, 0.3) is 22.2 Å². The molecule has 0 saturated carbocycles. The van der Waals surface area contributed by atoms with E-state index in [1.807, 2.05) is 31.2 Å². The zero-order valence-electron chi connectivity index (χ0n) is 15.1. The second kappa shape index (κ2) is 8.25. The number of halogens is 3. The molecule has 3 heterocycles. The number of hydrogen-bond donors (Lipinski definition) is 2. The van der Waals surface area contributed by atoms with Crippen LogP contribution in [-0.4, -0.2) is 26.1 Å². The van der Waals surface area contributed by atoms with Gasteiger partial charge in [-0.05, 0) is 59.8 Å². The van der Waals surface area contributed by atoms with Crippen LogP contribution < -0.4 is 5.32 Å². The summed E-state index contributed by atoms with van der Waals surface area (Å²) in [5.41, 5.74) is 3.68. The molecule has 146 valence electrons. The van der Waals surface area contributed by atoms with Crippen molar-refractivity contribution in [2.24, 2.45) is 0 Å². The second-order valence-corrected chi connectivity index (χ2v) is 8.33. The molecule has 1 atom stereocenters. The van der Waals surface area contributed by atoms with Gasteiger partial charge in [0.05, 0.1) is 21.6 Å². The molecule has 4 rings (SSSR count). The van der Waals surface area contributed by atoms with Crippen LogP contribution in [0, 0.1) is 3.70 Å². The van der Waals surface area contributed by atoms with E-state index in [1.165, 1.54) is 12.4 Å². The number of carbonyl (C=O) groups is 1. The molecule has 0 radical (unpaired) electrons.